The highest BCUT2D eigenvalue weighted by molar-refractivity contribution is 5.98. The van der Waals surface area contributed by atoms with Crippen LogP contribution in [0.4, 0.5) is 0 Å². The topological polar surface area (TPSA) is 282 Å². The van der Waals surface area contributed by atoms with E-state index in [0.29, 0.717) is 6.42 Å². The fraction of sp³-hybridized carbons (Fsp3) is 0.803. The van der Waals surface area contributed by atoms with Crippen molar-refractivity contribution in [3.05, 3.63) is 12.2 Å². The van der Waals surface area contributed by atoms with Gasteiger partial charge in [0.1, 0.15) is 54.6 Å². The van der Waals surface area contributed by atoms with E-state index in [1.165, 1.54) is 87.7 Å². The summed E-state index contributed by atoms with van der Waals surface area (Å²) in [5.41, 5.74) is 0. The predicted octanol–water partition coefficient (Wildman–Crippen LogP) is 2.67. The number of carbonyl (C=O) groups excluding carboxylic acids is 10. The van der Waals surface area contributed by atoms with Crippen LogP contribution < -0.4 is 21.3 Å². The number of carbonyl (C=O) groups is 10. The zero-order valence-corrected chi connectivity index (χ0v) is 55.5. The van der Waals surface area contributed by atoms with Gasteiger partial charge in [-0.1, -0.05) is 109 Å². The Balaban J connectivity index is 4.30. The number of hydrogen-bond acceptors (Lipinski definition) is 13. The molecule has 0 aromatic carbocycles. The minimum Gasteiger partial charge on any atom is -0.390 e. The van der Waals surface area contributed by atoms with Crippen LogP contribution in [0.5, 0.6) is 0 Å². The van der Waals surface area contributed by atoms with Gasteiger partial charge < -0.3 is 60.5 Å². The maximum absolute atomic E-state index is 15.1. The van der Waals surface area contributed by atoms with Gasteiger partial charge in [-0.25, -0.2) is 0 Å². The van der Waals surface area contributed by atoms with Gasteiger partial charge in [-0.2, -0.15) is 0 Å². The molecule has 23 nitrogen and oxygen atoms in total. The molecular weight excluding hydrogens is 1080 g/mol. The summed E-state index contributed by atoms with van der Waals surface area (Å²) in [6, 6.07) is -12.0. The van der Waals surface area contributed by atoms with Gasteiger partial charge in [-0.15, -0.1) is 0 Å². The standard InChI is InChI=1S/C61H111N11O12/c1-25-27-28-39(15)51(74)50-55(78)64-42(26-2)57(80)66(18)32-46(73)70(22)48(37(11)12)54(77)65-47(36(9)10)60(83)67(19)43(29-33(3)4)53(76)62-40(16)52(75)63-41(17)56(79)68(20)44(30-34(5)6)58(81)69(21)45(31-35(7)8)59(82)71(23)49(38(13)14)61(84)72(50)24/h25,27,33-45,47-51,54,65,74,77H,26,28-32H2,1-24H3,(H,62,76)(H,63,75)(H,64,78)/b27-25+/t39-,40+,41-,42+,43+,44+,45-,47+,48-,49+,50+,51-,54?/m1/s1. The zero-order valence-electron chi connectivity index (χ0n) is 55.5. The van der Waals surface area contributed by atoms with Gasteiger partial charge in [0.05, 0.1) is 24.7 Å². The van der Waals surface area contributed by atoms with Gasteiger partial charge in [-0.05, 0) is 94.3 Å². The molecule has 10 amide bonds. The number of amides is 10. The summed E-state index contributed by atoms with van der Waals surface area (Å²) in [4.78, 5) is 154. The van der Waals surface area contributed by atoms with Crippen LogP contribution >= 0.6 is 0 Å². The Hall–Kier alpha value is -5.68. The molecule has 23 heteroatoms. The molecule has 13 atom stereocenters. The van der Waals surface area contributed by atoms with E-state index in [1.54, 1.807) is 68.4 Å². The van der Waals surface area contributed by atoms with E-state index >= 15 is 9.59 Å². The molecule has 0 radical (unpaired) electrons. The second-order valence-corrected chi connectivity index (χ2v) is 25.8. The molecule has 1 saturated heterocycles. The van der Waals surface area contributed by atoms with E-state index in [-0.39, 0.29) is 43.4 Å². The van der Waals surface area contributed by atoms with Crippen molar-refractivity contribution in [2.24, 2.45) is 41.4 Å². The number of aliphatic hydroxyl groups is 2. The molecule has 1 rings (SSSR count). The minimum absolute atomic E-state index is 0.0356. The second kappa shape index (κ2) is 34.5. The van der Waals surface area contributed by atoms with E-state index in [2.05, 4.69) is 21.3 Å². The maximum atomic E-state index is 15.1. The third-order valence-electron chi connectivity index (χ3n) is 16.1. The van der Waals surface area contributed by atoms with Crippen molar-refractivity contribution in [2.45, 2.75) is 223 Å². The first-order valence-corrected chi connectivity index (χ1v) is 30.2. The number of likely N-dealkylation sites (N-methyl/N-ethyl adjacent to an activating group) is 7. The normalized spacial score (nSPS) is 28.0. The van der Waals surface area contributed by atoms with Crippen molar-refractivity contribution in [3.8, 4) is 0 Å². The highest BCUT2D eigenvalue weighted by Gasteiger charge is 2.46. The van der Waals surface area contributed by atoms with Crippen molar-refractivity contribution >= 4 is 59.1 Å². The van der Waals surface area contributed by atoms with Gasteiger partial charge in [0.2, 0.25) is 59.1 Å². The average Bonchev–Trinajstić information content (AvgIpc) is 3.42. The predicted molar refractivity (Wildman–Crippen MR) is 325 cm³/mol. The van der Waals surface area contributed by atoms with Gasteiger partial charge in [0, 0.05) is 49.3 Å². The Labute approximate surface area is 503 Å². The molecule has 1 heterocycles. The highest BCUT2D eigenvalue weighted by Crippen LogP contribution is 2.26. The van der Waals surface area contributed by atoms with Crippen LogP contribution in [0, 0.1) is 41.4 Å². The molecule has 0 aromatic heterocycles. The Bertz CT molecular complexity index is 2260. The molecule has 482 valence electrons. The number of rotatable bonds is 14. The minimum atomic E-state index is -1.60. The highest BCUT2D eigenvalue weighted by atomic mass is 16.3. The smallest absolute Gasteiger partial charge is 0.246 e. The SMILES string of the molecule is C/C=C/C[C@@H](C)[C@@H](O)[C@H]1C(=O)N[C@@H](CC)C(=O)N(C)CC(=O)N(C)[C@H](C(C)C)C(O)N[C@@H](C(C)C)C(=O)N(C)[C@@H](CC(C)C)C(=O)N[C@@H](C)C(=O)N[C@H](C)C(=O)N(C)[C@@H](CC(C)C)C(=O)N(C)[C@H](CC(C)C)C(=O)N(C)[C@@H](C(C)C)C(=O)N1C. The maximum Gasteiger partial charge on any atom is 0.246 e. The summed E-state index contributed by atoms with van der Waals surface area (Å²) in [6.07, 6.45) is 1.44. The largest absolute Gasteiger partial charge is 0.390 e. The quantitative estimate of drug-likeness (QED) is 0.137. The summed E-state index contributed by atoms with van der Waals surface area (Å²) >= 11 is 0. The lowest BCUT2D eigenvalue weighted by Gasteiger charge is -2.41. The van der Waals surface area contributed by atoms with E-state index in [0.717, 1.165) is 9.80 Å². The van der Waals surface area contributed by atoms with Crippen LogP contribution in [0.1, 0.15) is 150 Å². The van der Waals surface area contributed by atoms with Crippen LogP contribution in [0.2, 0.25) is 0 Å². The second-order valence-electron chi connectivity index (χ2n) is 25.8. The fourth-order valence-corrected chi connectivity index (χ4v) is 10.9. The molecule has 1 fully saturated rings. The first kappa shape index (κ1) is 76.3. The molecule has 84 heavy (non-hydrogen) atoms. The summed E-state index contributed by atoms with van der Waals surface area (Å²) in [5, 5.41) is 35.2. The number of nitrogens with zero attached hydrogens (tertiary/aromatic N) is 7. The Kier molecular flexibility index (Phi) is 31.3. The van der Waals surface area contributed by atoms with Crippen LogP contribution in [-0.2, 0) is 47.9 Å². The molecule has 0 saturated carbocycles. The lowest BCUT2D eigenvalue weighted by Crippen LogP contribution is -2.63. The monoisotopic (exact) mass is 1190 g/mol. The van der Waals surface area contributed by atoms with Crippen LogP contribution in [-0.4, -0.2) is 232 Å². The molecule has 6 N–H and O–H groups in total. The summed E-state index contributed by atoms with van der Waals surface area (Å²) in [6.45, 7) is 29.3. The Morgan fingerprint density at radius 3 is 1.42 bits per heavy atom. The van der Waals surface area contributed by atoms with Crippen LogP contribution in [0.3, 0.4) is 0 Å². The molecule has 0 spiro atoms. The molecule has 0 aromatic rings. The van der Waals surface area contributed by atoms with Crippen molar-refractivity contribution < 1.29 is 58.2 Å². The molecular formula is C61H111N11O12. The third-order valence-corrected chi connectivity index (χ3v) is 16.1. The molecule has 1 aliphatic heterocycles. The van der Waals surface area contributed by atoms with Crippen LogP contribution in [0.25, 0.3) is 0 Å². The van der Waals surface area contributed by atoms with Gasteiger partial charge >= 0.3 is 0 Å². The van der Waals surface area contributed by atoms with E-state index < -0.39 is 162 Å². The van der Waals surface area contributed by atoms with E-state index in [1.807, 2.05) is 47.6 Å². The van der Waals surface area contributed by atoms with E-state index in [4.69, 9.17) is 0 Å². The summed E-state index contributed by atoms with van der Waals surface area (Å²) in [5.74, 6) is -9.05. The van der Waals surface area contributed by atoms with Gasteiger partial charge in [0.25, 0.3) is 0 Å². The lowest BCUT2D eigenvalue weighted by molar-refractivity contribution is -0.157. The average molecular weight is 1190 g/mol. The number of nitrogens with one attached hydrogen (secondary N) is 4. The van der Waals surface area contributed by atoms with Crippen molar-refractivity contribution in [3.63, 3.8) is 0 Å². The molecule has 1 unspecified atom stereocenters. The first-order valence-electron chi connectivity index (χ1n) is 30.2. The Morgan fingerprint density at radius 1 is 0.512 bits per heavy atom. The zero-order chi connectivity index (χ0) is 65.3. The number of aliphatic hydroxyl groups excluding tert-OH is 2. The Morgan fingerprint density at radius 2 is 0.964 bits per heavy atom. The van der Waals surface area contributed by atoms with E-state index in [9.17, 15) is 48.6 Å². The summed E-state index contributed by atoms with van der Waals surface area (Å²) < 4.78 is 0. The molecule has 1 aliphatic rings. The van der Waals surface area contributed by atoms with Crippen molar-refractivity contribution in [2.75, 3.05) is 55.9 Å². The molecule has 0 bridgehead atoms. The van der Waals surface area contributed by atoms with Crippen LogP contribution in [0.15, 0.2) is 12.2 Å². The first-order chi connectivity index (χ1) is 38.7. The lowest BCUT2D eigenvalue weighted by atomic mass is 9.91. The number of hydrogen-bond donors (Lipinski definition) is 6. The number of allylic oxidation sites excluding steroid dienone is 2. The van der Waals surface area contributed by atoms with Gasteiger partial charge in [0.15, 0.2) is 0 Å². The summed E-state index contributed by atoms with van der Waals surface area (Å²) in [7, 11) is 10.0. The fourth-order valence-electron chi connectivity index (χ4n) is 10.9. The molecule has 0 aliphatic carbocycles. The van der Waals surface area contributed by atoms with Gasteiger partial charge in [-0.3, -0.25) is 53.3 Å². The van der Waals surface area contributed by atoms with Crippen molar-refractivity contribution in [1.29, 1.82) is 0 Å². The third kappa shape index (κ3) is 20.8. The van der Waals surface area contributed by atoms with Crippen molar-refractivity contribution in [1.82, 2.24) is 55.6 Å².